The average Bonchev–Trinajstić information content (AvgIpc) is 2.64. The van der Waals surface area contributed by atoms with Crippen molar-refractivity contribution in [1.82, 2.24) is 4.90 Å². The van der Waals surface area contributed by atoms with Crippen molar-refractivity contribution < 1.29 is 4.74 Å². The molecule has 2 rings (SSSR count). The van der Waals surface area contributed by atoms with Crippen molar-refractivity contribution in [1.29, 1.82) is 0 Å². The van der Waals surface area contributed by atoms with Crippen LogP contribution in [0.1, 0.15) is 4.88 Å². The van der Waals surface area contributed by atoms with Gasteiger partial charge in [-0.05, 0) is 28.1 Å². The van der Waals surface area contributed by atoms with Crippen LogP contribution in [0, 0.1) is 0 Å². The van der Waals surface area contributed by atoms with Crippen molar-refractivity contribution in [3.63, 3.8) is 0 Å². The first-order valence-corrected chi connectivity index (χ1v) is 7.65. The van der Waals surface area contributed by atoms with Gasteiger partial charge in [0.1, 0.15) is 0 Å². The molecule has 0 amide bonds. The van der Waals surface area contributed by atoms with Crippen LogP contribution in [-0.4, -0.2) is 36.0 Å². The molecular formula is C10H13Br2NOS. The predicted octanol–water partition coefficient (Wildman–Crippen LogP) is 3.11. The van der Waals surface area contributed by atoms with Gasteiger partial charge >= 0.3 is 0 Å². The van der Waals surface area contributed by atoms with E-state index < -0.39 is 0 Å². The molecule has 1 unspecified atom stereocenters. The van der Waals surface area contributed by atoms with Crippen LogP contribution in [0.4, 0.5) is 0 Å². The highest BCUT2D eigenvalue weighted by Gasteiger charge is 2.19. The van der Waals surface area contributed by atoms with Crippen molar-refractivity contribution >= 4 is 43.2 Å². The number of alkyl halides is 1. The van der Waals surface area contributed by atoms with Crippen molar-refractivity contribution in [2.45, 2.75) is 12.6 Å². The van der Waals surface area contributed by atoms with Gasteiger partial charge in [0.25, 0.3) is 0 Å². The van der Waals surface area contributed by atoms with E-state index in [9.17, 15) is 0 Å². The van der Waals surface area contributed by atoms with Gasteiger partial charge in [-0.1, -0.05) is 15.9 Å². The molecule has 0 radical (unpaired) electrons. The highest BCUT2D eigenvalue weighted by molar-refractivity contribution is 9.11. The number of nitrogens with zero attached hydrogens (tertiary/aromatic N) is 1. The number of rotatable bonds is 3. The van der Waals surface area contributed by atoms with Crippen LogP contribution in [0.5, 0.6) is 0 Å². The predicted molar refractivity (Wildman–Crippen MR) is 70.8 cm³/mol. The lowest BCUT2D eigenvalue weighted by atomic mass is 10.3. The number of morpholine rings is 1. The SMILES string of the molecule is BrCC1CN(Cc2ccc(Br)s2)CCO1. The molecule has 5 heteroatoms. The van der Waals surface area contributed by atoms with Crippen LogP contribution in [0.2, 0.25) is 0 Å². The fourth-order valence-corrected chi connectivity index (χ4v) is 3.59. The molecule has 0 aliphatic carbocycles. The van der Waals surface area contributed by atoms with E-state index in [2.05, 4.69) is 48.9 Å². The zero-order chi connectivity index (χ0) is 10.7. The minimum atomic E-state index is 0.349. The molecule has 1 aromatic rings. The van der Waals surface area contributed by atoms with E-state index >= 15 is 0 Å². The highest BCUT2D eigenvalue weighted by atomic mass is 79.9. The van der Waals surface area contributed by atoms with E-state index in [-0.39, 0.29) is 0 Å². The normalized spacial score (nSPS) is 23.2. The van der Waals surface area contributed by atoms with Crippen LogP contribution >= 0.6 is 43.2 Å². The average molecular weight is 355 g/mol. The molecule has 15 heavy (non-hydrogen) atoms. The first-order valence-electron chi connectivity index (χ1n) is 4.92. The van der Waals surface area contributed by atoms with Gasteiger partial charge in [0.2, 0.25) is 0 Å². The van der Waals surface area contributed by atoms with Crippen LogP contribution in [-0.2, 0) is 11.3 Å². The lowest BCUT2D eigenvalue weighted by molar-refractivity contribution is -0.0178. The van der Waals surface area contributed by atoms with Gasteiger partial charge in [-0.3, -0.25) is 4.90 Å². The highest BCUT2D eigenvalue weighted by Crippen LogP contribution is 2.24. The fraction of sp³-hybridized carbons (Fsp3) is 0.600. The minimum absolute atomic E-state index is 0.349. The van der Waals surface area contributed by atoms with Crippen LogP contribution in [0.25, 0.3) is 0 Å². The van der Waals surface area contributed by atoms with Gasteiger partial charge in [-0.2, -0.15) is 0 Å². The van der Waals surface area contributed by atoms with Crippen molar-refractivity contribution in [3.05, 3.63) is 20.8 Å². The summed E-state index contributed by atoms with van der Waals surface area (Å²) in [5, 5.41) is 0.928. The van der Waals surface area contributed by atoms with Crippen LogP contribution < -0.4 is 0 Å². The Morgan fingerprint density at radius 2 is 2.40 bits per heavy atom. The molecule has 1 aliphatic rings. The standard InChI is InChI=1S/C10H13Br2NOS/c11-5-8-6-13(3-4-14-8)7-9-1-2-10(12)15-9/h1-2,8H,3-7H2. The number of ether oxygens (including phenoxy) is 1. The maximum atomic E-state index is 5.61. The van der Waals surface area contributed by atoms with Crippen molar-refractivity contribution in [3.8, 4) is 0 Å². The minimum Gasteiger partial charge on any atom is -0.375 e. The molecular weight excluding hydrogens is 342 g/mol. The van der Waals surface area contributed by atoms with Crippen molar-refractivity contribution in [2.24, 2.45) is 0 Å². The molecule has 2 heterocycles. The Morgan fingerprint density at radius 3 is 3.07 bits per heavy atom. The second-order valence-corrected chi connectivity index (χ2v) is 6.78. The summed E-state index contributed by atoms with van der Waals surface area (Å²) in [4.78, 5) is 3.87. The Bertz CT molecular complexity index is 318. The van der Waals surface area contributed by atoms with E-state index in [1.165, 1.54) is 8.66 Å². The van der Waals surface area contributed by atoms with Gasteiger partial charge in [0.15, 0.2) is 0 Å². The molecule has 1 aromatic heterocycles. The van der Waals surface area contributed by atoms with Gasteiger partial charge in [-0.25, -0.2) is 0 Å². The zero-order valence-electron chi connectivity index (χ0n) is 8.29. The van der Waals surface area contributed by atoms with Gasteiger partial charge in [0, 0.05) is 29.8 Å². The van der Waals surface area contributed by atoms with Gasteiger partial charge in [-0.15, -0.1) is 11.3 Å². The summed E-state index contributed by atoms with van der Waals surface area (Å²) < 4.78 is 6.82. The quantitative estimate of drug-likeness (QED) is 0.773. The van der Waals surface area contributed by atoms with Gasteiger partial charge < -0.3 is 4.74 Å². The molecule has 1 saturated heterocycles. The van der Waals surface area contributed by atoms with E-state index in [4.69, 9.17) is 4.74 Å². The lowest BCUT2D eigenvalue weighted by Gasteiger charge is -2.31. The topological polar surface area (TPSA) is 12.5 Å². The third-order valence-corrected chi connectivity index (χ3v) is 4.73. The monoisotopic (exact) mass is 353 g/mol. The maximum absolute atomic E-state index is 5.61. The number of hydrogen-bond donors (Lipinski definition) is 0. The Hall–Kier alpha value is 0.580. The number of thiophene rings is 1. The Morgan fingerprint density at radius 1 is 1.53 bits per heavy atom. The Labute approximate surface area is 111 Å². The number of hydrogen-bond acceptors (Lipinski definition) is 3. The second-order valence-electron chi connectivity index (χ2n) is 3.59. The molecule has 84 valence electrons. The molecule has 0 aromatic carbocycles. The van der Waals surface area contributed by atoms with E-state index in [0.717, 1.165) is 31.6 Å². The first-order chi connectivity index (χ1) is 7.28. The molecule has 0 N–H and O–H groups in total. The molecule has 2 nitrogen and oxygen atoms in total. The van der Waals surface area contributed by atoms with Gasteiger partial charge in [0.05, 0.1) is 16.5 Å². The zero-order valence-corrected chi connectivity index (χ0v) is 12.3. The van der Waals surface area contributed by atoms with E-state index in [1.54, 1.807) is 0 Å². The second kappa shape index (κ2) is 5.77. The molecule has 1 atom stereocenters. The van der Waals surface area contributed by atoms with Crippen molar-refractivity contribution in [2.75, 3.05) is 25.0 Å². The summed E-state index contributed by atoms with van der Waals surface area (Å²) in [7, 11) is 0. The smallest absolute Gasteiger partial charge is 0.0799 e. The molecule has 1 fully saturated rings. The molecule has 0 saturated carbocycles. The fourth-order valence-electron chi connectivity index (χ4n) is 1.67. The summed E-state index contributed by atoms with van der Waals surface area (Å²) in [6.07, 6.45) is 0.349. The summed E-state index contributed by atoms with van der Waals surface area (Å²) in [6, 6.07) is 4.30. The van der Waals surface area contributed by atoms with E-state index in [1.807, 2.05) is 11.3 Å². The third-order valence-electron chi connectivity index (χ3n) is 2.40. The lowest BCUT2D eigenvalue weighted by Crippen LogP contribution is -2.42. The summed E-state index contributed by atoms with van der Waals surface area (Å²) >= 11 is 8.77. The van der Waals surface area contributed by atoms with Crippen LogP contribution in [0.3, 0.4) is 0 Å². The largest absolute Gasteiger partial charge is 0.375 e. The Balaban J connectivity index is 1.88. The molecule has 1 aliphatic heterocycles. The molecule has 0 spiro atoms. The summed E-state index contributed by atoms with van der Waals surface area (Å²) in [6.45, 7) is 3.96. The summed E-state index contributed by atoms with van der Waals surface area (Å²) in [5.41, 5.74) is 0. The molecule has 0 bridgehead atoms. The van der Waals surface area contributed by atoms with E-state index in [0.29, 0.717) is 6.10 Å². The third kappa shape index (κ3) is 3.53. The Kier molecular flexibility index (Phi) is 4.64. The number of halogens is 2. The first kappa shape index (κ1) is 12.0. The summed E-state index contributed by atoms with van der Waals surface area (Å²) in [5.74, 6) is 0. The van der Waals surface area contributed by atoms with Crippen LogP contribution in [0.15, 0.2) is 15.9 Å². The maximum Gasteiger partial charge on any atom is 0.0799 e.